The van der Waals surface area contributed by atoms with E-state index in [2.05, 4.69) is 11.4 Å². The second-order valence-corrected chi connectivity index (χ2v) is 8.16. The molecule has 2 rings (SSSR count). The van der Waals surface area contributed by atoms with E-state index in [-0.39, 0.29) is 5.75 Å². The highest BCUT2D eigenvalue weighted by Crippen LogP contribution is 2.30. The van der Waals surface area contributed by atoms with Crippen LogP contribution in [0.4, 0.5) is 0 Å². The second kappa shape index (κ2) is 5.50. The largest absolute Gasteiger partial charge is 0.312 e. The molecule has 1 aromatic rings. The Kier molecular flexibility index (Phi) is 4.22. The zero-order valence-corrected chi connectivity index (χ0v) is 11.8. The predicted molar refractivity (Wildman–Crippen MR) is 72.4 cm³/mol. The molecule has 17 heavy (non-hydrogen) atoms. The van der Waals surface area contributed by atoms with E-state index in [1.807, 2.05) is 11.3 Å². The Bertz CT molecular complexity index is 455. The Morgan fingerprint density at radius 3 is 2.94 bits per heavy atom. The molecule has 0 saturated carbocycles. The summed E-state index contributed by atoms with van der Waals surface area (Å²) in [5, 5.41) is 3.31. The molecule has 0 amide bonds. The van der Waals surface area contributed by atoms with E-state index in [9.17, 15) is 8.42 Å². The fourth-order valence-electron chi connectivity index (χ4n) is 2.15. The van der Waals surface area contributed by atoms with Crippen LogP contribution in [-0.2, 0) is 29.2 Å². The van der Waals surface area contributed by atoms with Crippen molar-refractivity contribution in [2.75, 3.05) is 18.6 Å². The van der Waals surface area contributed by atoms with Crippen LogP contribution in [0.2, 0.25) is 0 Å². The lowest BCUT2D eigenvalue weighted by Gasteiger charge is -2.02. The van der Waals surface area contributed by atoms with Crippen LogP contribution >= 0.6 is 11.3 Å². The van der Waals surface area contributed by atoms with Gasteiger partial charge in [-0.1, -0.05) is 0 Å². The lowest BCUT2D eigenvalue weighted by molar-refractivity contribution is 0.594. The number of thiophene rings is 1. The number of rotatable bonds is 6. The van der Waals surface area contributed by atoms with Gasteiger partial charge in [-0.15, -0.1) is 11.3 Å². The highest BCUT2D eigenvalue weighted by Gasteiger charge is 2.14. The van der Waals surface area contributed by atoms with Crippen molar-refractivity contribution in [3.63, 3.8) is 0 Å². The number of hydrogen-bond donors (Lipinski definition) is 1. The van der Waals surface area contributed by atoms with Crippen LogP contribution in [0, 0.1) is 0 Å². The summed E-state index contributed by atoms with van der Waals surface area (Å²) in [6.07, 6.45) is 5.78. The van der Waals surface area contributed by atoms with Gasteiger partial charge in [-0.3, -0.25) is 0 Å². The average Bonchev–Trinajstić information content (AvgIpc) is 2.75. The lowest BCUT2D eigenvalue weighted by atomic mass is 10.2. The van der Waals surface area contributed by atoms with Gasteiger partial charge in [-0.2, -0.15) is 0 Å². The molecule has 1 aliphatic carbocycles. The lowest BCUT2D eigenvalue weighted by Crippen LogP contribution is -2.17. The minimum absolute atomic E-state index is 0.279. The van der Waals surface area contributed by atoms with Gasteiger partial charge in [0.25, 0.3) is 0 Å². The Morgan fingerprint density at radius 1 is 1.41 bits per heavy atom. The molecule has 1 N–H and O–H groups in total. The van der Waals surface area contributed by atoms with Gasteiger partial charge in [0.05, 0.1) is 5.75 Å². The Morgan fingerprint density at radius 2 is 2.24 bits per heavy atom. The van der Waals surface area contributed by atoms with Crippen molar-refractivity contribution >= 4 is 21.2 Å². The molecule has 96 valence electrons. The Balaban J connectivity index is 1.68. The highest BCUT2D eigenvalue weighted by atomic mass is 32.2. The van der Waals surface area contributed by atoms with E-state index in [1.54, 1.807) is 4.88 Å². The predicted octanol–water partition coefficient (Wildman–Crippen LogP) is 1.76. The molecule has 1 aliphatic rings. The normalized spacial score (nSPS) is 15.1. The summed E-state index contributed by atoms with van der Waals surface area (Å²) >= 11 is 1.90. The van der Waals surface area contributed by atoms with Crippen LogP contribution < -0.4 is 5.32 Å². The number of fused-ring (bicyclic) bond motifs is 1. The molecule has 0 fully saturated rings. The standard InChI is InChI=1S/C12H19NO2S2/c1-17(14,15)7-3-6-13-9-11-8-10-4-2-5-12(10)16-11/h8,13H,2-7,9H2,1H3. The van der Waals surface area contributed by atoms with Gasteiger partial charge < -0.3 is 5.32 Å². The van der Waals surface area contributed by atoms with Gasteiger partial charge in [-0.25, -0.2) is 8.42 Å². The van der Waals surface area contributed by atoms with Gasteiger partial charge >= 0.3 is 0 Å². The van der Waals surface area contributed by atoms with Crippen LogP contribution in [0.5, 0.6) is 0 Å². The molecular weight excluding hydrogens is 254 g/mol. The molecule has 0 saturated heterocycles. The van der Waals surface area contributed by atoms with Crippen LogP contribution in [-0.4, -0.2) is 27.0 Å². The van der Waals surface area contributed by atoms with Crippen molar-refractivity contribution < 1.29 is 8.42 Å². The maximum absolute atomic E-state index is 10.9. The summed E-state index contributed by atoms with van der Waals surface area (Å²) in [6, 6.07) is 2.30. The molecule has 0 spiro atoms. The van der Waals surface area contributed by atoms with E-state index in [0.29, 0.717) is 6.42 Å². The SMILES string of the molecule is CS(=O)(=O)CCCNCc1cc2c(s1)CCC2. The van der Waals surface area contributed by atoms with Gasteiger partial charge in [-0.05, 0) is 43.9 Å². The summed E-state index contributed by atoms with van der Waals surface area (Å²) in [7, 11) is -2.80. The maximum atomic E-state index is 10.9. The Hall–Kier alpha value is -0.390. The Labute approximate surface area is 107 Å². The molecule has 0 atom stereocenters. The minimum atomic E-state index is -2.80. The molecule has 0 bridgehead atoms. The smallest absolute Gasteiger partial charge is 0.147 e. The van der Waals surface area contributed by atoms with Crippen molar-refractivity contribution in [3.8, 4) is 0 Å². The van der Waals surface area contributed by atoms with E-state index >= 15 is 0 Å². The molecule has 1 aromatic heterocycles. The first-order valence-corrected chi connectivity index (χ1v) is 8.91. The monoisotopic (exact) mass is 273 g/mol. The van der Waals surface area contributed by atoms with E-state index in [4.69, 9.17) is 0 Å². The molecule has 1 heterocycles. The summed E-state index contributed by atoms with van der Waals surface area (Å²) in [5.74, 6) is 0.279. The third-order valence-electron chi connectivity index (χ3n) is 2.97. The van der Waals surface area contributed by atoms with Crippen molar-refractivity contribution in [2.45, 2.75) is 32.2 Å². The third-order valence-corrected chi connectivity index (χ3v) is 5.23. The molecule has 0 radical (unpaired) electrons. The number of hydrogen-bond acceptors (Lipinski definition) is 4. The first-order chi connectivity index (χ1) is 8.04. The summed E-state index contributed by atoms with van der Waals surface area (Å²) in [5.41, 5.74) is 1.53. The van der Waals surface area contributed by atoms with Crippen molar-refractivity contribution in [3.05, 3.63) is 21.4 Å². The van der Waals surface area contributed by atoms with Gasteiger partial charge in [0.1, 0.15) is 9.84 Å². The number of sulfone groups is 1. The molecule has 0 aliphatic heterocycles. The zero-order valence-electron chi connectivity index (χ0n) is 10.2. The molecule has 0 unspecified atom stereocenters. The van der Waals surface area contributed by atoms with Crippen LogP contribution in [0.25, 0.3) is 0 Å². The molecule has 5 heteroatoms. The van der Waals surface area contributed by atoms with Gasteiger partial charge in [0.15, 0.2) is 0 Å². The summed E-state index contributed by atoms with van der Waals surface area (Å²) in [6.45, 7) is 1.65. The second-order valence-electron chi connectivity index (χ2n) is 4.67. The van der Waals surface area contributed by atoms with Crippen molar-refractivity contribution in [1.82, 2.24) is 5.32 Å². The topological polar surface area (TPSA) is 46.2 Å². The van der Waals surface area contributed by atoms with Crippen LogP contribution in [0.3, 0.4) is 0 Å². The first-order valence-electron chi connectivity index (χ1n) is 6.03. The van der Waals surface area contributed by atoms with Gasteiger partial charge in [0, 0.05) is 22.6 Å². The van der Waals surface area contributed by atoms with Crippen molar-refractivity contribution in [2.24, 2.45) is 0 Å². The number of aryl methyl sites for hydroxylation is 2. The fraction of sp³-hybridized carbons (Fsp3) is 0.667. The summed E-state index contributed by atoms with van der Waals surface area (Å²) in [4.78, 5) is 2.94. The maximum Gasteiger partial charge on any atom is 0.147 e. The highest BCUT2D eigenvalue weighted by molar-refractivity contribution is 7.90. The third kappa shape index (κ3) is 4.08. The van der Waals surface area contributed by atoms with E-state index in [1.165, 1.54) is 36.0 Å². The quantitative estimate of drug-likeness (QED) is 0.803. The summed E-state index contributed by atoms with van der Waals surface area (Å²) < 4.78 is 21.9. The van der Waals surface area contributed by atoms with Gasteiger partial charge in [0.2, 0.25) is 0 Å². The van der Waals surface area contributed by atoms with Crippen LogP contribution in [0.1, 0.15) is 28.2 Å². The average molecular weight is 273 g/mol. The van der Waals surface area contributed by atoms with E-state index < -0.39 is 9.84 Å². The minimum Gasteiger partial charge on any atom is -0.312 e. The molecule has 0 aromatic carbocycles. The van der Waals surface area contributed by atoms with Crippen molar-refractivity contribution in [1.29, 1.82) is 0 Å². The fourth-order valence-corrected chi connectivity index (χ4v) is 4.05. The first kappa shape index (κ1) is 13.1. The molecular formula is C12H19NO2S2. The molecule has 3 nitrogen and oxygen atoms in total. The number of nitrogens with one attached hydrogen (secondary N) is 1. The van der Waals surface area contributed by atoms with Crippen LogP contribution in [0.15, 0.2) is 6.07 Å². The zero-order chi connectivity index (χ0) is 12.3. The van der Waals surface area contributed by atoms with E-state index in [0.717, 1.165) is 13.1 Å².